The van der Waals surface area contributed by atoms with Crippen LogP contribution in [0.3, 0.4) is 0 Å². The molecule has 0 radical (unpaired) electrons. The molecule has 8 heteroatoms. The van der Waals surface area contributed by atoms with E-state index in [4.69, 9.17) is 0 Å². The zero-order valence-electron chi connectivity index (χ0n) is 19.5. The number of aromatic nitrogens is 2. The molecule has 0 aliphatic rings. The van der Waals surface area contributed by atoms with Crippen LogP contribution in [0.15, 0.2) is 48.9 Å². The minimum absolute atomic E-state index is 0.147. The predicted molar refractivity (Wildman–Crippen MR) is 127 cm³/mol. The van der Waals surface area contributed by atoms with Gasteiger partial charge in [0.25, 0.3) is 5.91 Å². The van der Waals surface area contributed by atoms with Gasteiger partial charge in [-0.2, -0.15) is 0 Å². The van der Waals surface area contributed by atoms with Gasteiger partial charge in [0, 0.05) is 24.8 Å². The summed E-state index contributed by atoms with van der Waals surface area (Å²) in [7, 11) is 0. The lowest BCUT2D eigenvalue weighted by Crippen LogP contribution is -2.55. The van der Waals surface area contributed by atoms with Crippen LogP contribution in [-0.4, -0.2) is 45.7 Å². The Morgan fingerprint density at radius 1 is 1.09 bits per heavy atom. The maximum atomic E-state index is 13.3. The summed E-state index contributed by atoms with van der Waals surface area (Å²) in [5.74, 6) is -0.514. The van der Waals surface area contributed by atoms with Gasteiger partial charge in [0.1, 0.15) is 11.7 Å². The van der Waals surface area contributed by atoms with Crippen molar-refractivity contribution in [2.75, 3.05) is 0 Å². The molecule has 2 aromatic rings. The van der Waals surface area contributed by atoms with Gasteiger partial charge in [0.2, 0.25) is 5.91 Å². The SMILES string of the molecule is CCC(C)CB(O)[C@H](CC(C)C)NC(=O)[C@H](Cc1ccccc1)NC(=O)c1cnccn1. The minimum Gasteiger partial charge on any atom is -0.449 e. The molecular weight excluding hydrogens is 403 g/mol. The van der Waals surface area contributed by atoms with E-state index >= 15 is 0 Å². The summed E-state index contributed by atoms with van der Waals surface area (Å²) in [6.45, 7) is 7.66. The van der Waals surface area contributed by atoms with Gasteiger partial charge in [0.05, 0.1) is 6.20 Å². The fourth-order valence-electron chi connectivity index (χ4n) is 3.55. The number of carbonyl (C=O) groups is 2. The van der Waals surface area contributed by atoms with Gasteiger partial charge in [-0.25, -0.2) is 4.98 Å². The first kappa shape index (κ1) is 25.5. The van der Waals surface area contributed by atoms with Crippen LogP contribution < -0.4 is 10.6 Å². The number of rotatable bonds is 12. The van der Waals surface area contributed by atoms with Crippen LogP contribution in [0.1, 0.15) is 56.6 Å². The number of benzene rings is 1. The molecule has 2 amide bonds. The minimum atomic E-state index is -0.808. The summed E-state index contributed by atoms with van der Waals surface area (Å²) in [6, 6.07) is 8.72. The number of amides is 2. The van der Waals surface area contributed by atoms with Crippen molar-refractivity contribution in [2.24, 2.45) is 11.8 Å². The Kier molecular flexibility index (Phi) is 10.3. The summed E-state index contributed by atoms with van der Waals surface area (Å²) < 4.78 is 0. The van der Waals surface area contributed by atoms with E-state index in [-0.39, 0.29) is 17.5 Å². The van der Waals surface area contributed by atoms with Crippen molar-refractivity contribution in [2.45, 2.75) is 65.3 Å². The van der Waals surface area contributed by atoms with Crippen LogP contribution in [0.25, 0.3) is 0 Å². The van der Waals surface area contributed by atoms with Crippen molar-refractivity contribution >= 4 is 18.7 Å². The molecule has 0 aliphatic heterocycles. The maximum Gasteiger partial charge on any atom is 0.312 e. The Balaban J connectivity index is 2.19. The van der Waals surface area contributed by atoms with E-state index in [1.165, 1.54) is 18.6 Å². The van der Waals surface area contributed by atoms with Crippen molar-refractivity contribution in [1.29, 1.82) is 0 Å². The van der Waals surface area contributed by atoms with Crippen molar-refractivity contribution in [1.82, 2.24) is 20.6 Å². The number of nitrogens with one attached hydrogen (secondary N) is 2. The largest absolute Gasteiger partial charge is 0.449 e. The predicted octanol–water partition coefficient (Wildman–Crippen LogP) is 2.92. The van der Waals surface area contributed by atoms with Crippen molar-refractivity contribution < 1.29 is 14.6 Å². The van der Waals surface area contributed by atoms with Crippen LogP contribution in [0, 0.1) is 11.8 Å². The highest BCUT2D eigenvalue weighted by Crippen LogP contribution is 2.16. The second kappa shape index (κ2) is 13.0. The smallest absolute Gasteiger partial charge is 0.312 e. The van der Waals surface area contributed by atoms with Gasteiger partial charge >= 0.3 is 6.92 Å². The second-order valence-electron chi connectivity index (χ2n) is 8.87. The van der Waals surface area contributed by atoms with Crippen molar-refractivity contribution in [3.8, 4) is 0 Å². The summed E-state index contributed by atoms with van der Waals surface area (Å²) >= 11 is 0. The fraction of sp³-hybridized carbons (Fsp3) is 0.500. The first-order valence-corrected chi connectivity index (χ1v) is 11.4. The lowest BCUT2D eigenvalue weighted by Gasteiger charge is -2.27. The molecule has 7 nitrogen and oxygen atoms in total. The molecule has 0 saturated heterocycles. The Morgan fingerprint density at radius 3 is 2.41 bits per heavy atom. The van der Waals surface area contributed by atoms with Crippen molar-refractivity contribution in [3.63, 3.8) is 0 Å². The van der Waals surface area contributed by atoms with E-state index in [0.717, 1.165) is 12.0 Å². The molecule has 32 heavy (non-hydrogen) atoms. The third-order valence-electron chi connectivity index (χ3n) is 5.56. The molecule has 1 aromatic heterocycles. The topological polar surface area (TPSA) is 104 Å². The third kappa shape index (κ3) is 8.42. The molecule has 0 bridgehead atoms. The number of hydrogen-bond donors (Lipinski definition) is 3. The highest BCUT2D eigenvalue weighted by atomic mass is 16.2. The normalized spacial score (nSPS) is 13.8. The zero-order valence-corrected chi connectivity index (χ0v) is 19.5. The monoisotopic (exact) mass is 438 g/mol. The lowest BCUT2D eigenvalue weighted by atomic mass is 9.53. The van der Waals surface area contributed by atoms with E-state index in [1.807, 2.05) is 30.3 Å². The van der Waals surface area contributed by atoms with Crippen LogP contribution in [0.4, 0.5) is 0 Å². The molecule has 3 N–H and O–H groups in total. The number of carbonyl (C=O) groups excluding carboxylic acids is 2. The van der Waals surface area contributed by atoms with Gasteiger partial charge in [-0.1, -0.05) is 64.4 Å². The van der Waals surface area contributed by atoms with Gasteiger partial charge in [-0.15, -0.1) is 0 Å². The molecule has 0 aliphatic carbocycles. The standard InChI is InChI=1S/C24H35BN4O3/c1-5-18(4)15-25(32)22(13-17(2)3)29-23(30)20(14-19-9-7-6-8-10-19)28-24(31)21-16-26-11-12-27-21/h6-12,16-18,20,22,32H,5,13-15H2,1-4H3,(H,28,31)(H,29,30)/t18?,20-,22-/m0/s1. The fourth-order valence-corrected chi connectivity index (χ4v) is 3.55. The van der Waals surface area contributed by atoms with E-state index in [1.54, 1.807) is 0 Å². The van der Waals surface area contributed by atoms with Gasteiger partial charge in [0.15, 0.2) is 0 Å². The van der Waals surface area contributed by atoms with E-state index in [0.29, 0.717) is 31.0 Å². The van der Waals surface area contributed by atoms with Crippen LogP contribution in [0.2, 0.25) is 6.32 Å². The molecule has 0 saturated carbocycles. The lowest BCUT2D eigenvalue weighted by molar-refractivity contribution is -0.123. The molecule has 1 unspecified atom stereocenters. The third-order valence-corrected chi connectivity index (χ3v) is 5.56. The van der Waals surface area contributed by atoms with Crippen molar-refractivity contribution in [3.05, 3.63) is 60.2 Å². The summed E-state index contributed by atoms with van der Waals surface area (Å²) in [5.41, 5.74) is 1.07. The summed E-state index contributed by atoms with van der Waals surface area (Å²) in [6.07, 6.45) is 6.84. The van der Waals surface area contributed by atoms with E-state index in [9.17, 15) is 14.6 Å². The zero-order chi connectivity index (χ0) is 23.5. The van der Waals surface area contributed by atoms with Gasteiger partial charge in [-0.05, 0) is 30.1 Å². The molecule has 1 aromatic carbocycles. The highest BCUT2D eigenvalue weighted by molar-refractivity contribution is 6.52. The van der Waals surface area contributed by atoms with Crippen LogP contribution in [-0.2, 0) is 11.2 Å². The summed E-state index contributed by atoms with van der Waals surface area (Å²) in [4.78, 5) is 33.9. The average Bonchev–Trinajstić information content (AvgIpc) is 2.78. The van der Waals surface area contributed by atoms with Crippen LogP contribution >= 0.6 is 0 Å². The number of nitrogens with zero attached hydrogens (tertiary/aromatic N) is 2. The molecule has 0 spiro atoms. The molecule has 1 heterocycles. The first-order valence-electron chi connectivity index (χ1n) is 11.4. The molecule has 3 atom stereocenters. The van der Waals surface area contributed by atoms with E-state index in [2.05, 4.69) is 48.3 Å². The number of hydrogen-bond acceptors (Lipinski definition) is 5. The summed E-state index contributed by atoms with van der Waals surface area (Å²) in [5, 5.41) is 16.6. The van der Waals surface area contributed by atoms with Crippen LogP contribution in [0.5, 0.6) is 0 Å². The Hall–Kier alpha value is -2.74. The molecule has 2 rings (SSSR count). The van der Waals surface area contributed by atoms with Gasteiger partial charge < -0.3 is 15.7 Å². The molecular formula is C24H35BN4O3. The molecule has 172 valence electrons. The maximum absolute atomic E-state index is 13.3. The highest BCUT2D eigenvalue weighted by Gasteiger charge is 2.31. The second-order valence-corrected chi connectivity index (χ2v) is 8.87. The molecule has 0 fully saturated rings. The Labute approximate surface area is 191 Å². The average molecular weight is 438 g/mol. The van der Waals surface area contributed by atoms with E-state index < -0.39 is 18.9 Å². The first-order chi connectivity index (χ1) is 15.3. The van der Waals surface area contributed by atoms with Gasteiger partial charge in [-0.3, -0.25) is 14.6 Å². The Bertz CT molecular complexity index is 836. The Morgan fingerprint density at radius 2 is 1.81 bits per heavy atom. The quantitative estimate of drug-likeness (QED) is 0.442.